The summed E-state index contributed by atoms with van der Waals surface area (Å²) in [5, 5.41) is 14.0. The van der Waals surface area contributed by atoms with E-state index in [2.05, 4.69) is 48.3 Å². The Bertz CT molecular complexity index is 388. The van der Waals surface area contributed by atoms with E-state index in [1.807, 2.05) is 0 Å². The molecule has 0 fully saturated rings. The van der Waals surface area contributed by atoms with Crippen LogP contribution in [-0.4, -0.2) is 30.3 Å². The van der Waals surface area contributed by atoms with Crippen LogP contribution in [0.3, 0.4) is 0 Å². The van der Waals surface area contributed by atoms with E-state index >= 15 is 0 Å². The van der Waals surface area contributed by atoms with Crippen molar-refractivity contribution in [1.29, 1.82) is 0 Å². The first-order chi connectivity index (χ1) is 8.68. The number of β-amino-alcohol motifs (C(OH)–C–C–N with tert-alkyl or cyclic N) is 1. The molecular formula is C15H24N2O. The summed E-state index contributed by atoms with van der Waals surface area (Å²) in [6, 6.07) is 8.38. The molecule has 0 saturated carbocycles. The second-order valence-corrected chi connectivity index (χ2v) is 5.15. The smallest absolute Gasteiger partial charge is 0.0816 e. The van der Waals surface area contributed by atoms with Crippen molar-refractivity contribution in [1.82, 2.24) is 0 Å². The minimum absolute atomic E-state index is 0.572. The van der Waals surface area contributed by atoms with Crippen molar-refractivity contribution in [3.8, 4) is 0 Å². The first-order valence-corrected chi connectivity index (χ1v) is 6.99. The lowest BCUT2D eigenvalue weighted by Crippen LogP contribution is -2.42. The molecule has 1 aromatic rings. The van der Waals surface area contributed by atoms with Crippen molar-refractivity contribution in [3.63, 3.8) is 0 Å². The van der Waals surface area contributed by atoms with Gasteiger partial charge in [-0.15, -0.1) is 0 Å². The van der Waals surface area contributed by atoms with E-state index in [1.54, 1.807) is 0 Å². The van der Waals surface area contributed by atoms with Crippen LogP contribution in [0.1, 0.15) is 33.1 Å². The Balaban J connectivity index is 2.23. The molecule has 0 bridgehead atoms. The Labute approximate surface area is 110 Å². The van der Waals surface area contributed by atoms with Gasteiger partial charge in [0.25, 0.3) is 0 Å². The third-order valence-corrected chi connectivity index (χ3v) is 3.97. The molecule has 0 radical (unpaired) electrons. The fourth-order valence-corrected chi connectivity index (χ4v) is 2.51. The van der Waals surface area contributed by atoms with E-state index in [0.717, 1.165) is 38.9 Å². The zero-order chi connectivity index (χ0) is 13.0. The van der Waals surface area contributed by atoms with Gasteiger partial charge in [0, 0.05) is 19.6 Å². The fourth-order valence-electron chi connectivity index (χ4n) is 2.51. The molecule has 18 heavy (non-hydrogen) atoms. The maximum absolute atomic E-state index is 10.5. The third kappa shape index (κ3) is 2.78. The average Bonchev–Trinajstić information content (AvgIpc) is 2.61. The second kappa shape index (κ2) is 5.61. The van der Waals surface area contributed by atoms with Gasteiger partial charge < -0.3 is 15.3 Å². The van der Waals surface area contributed by atoms with Gasteiger partial charge in [-0.25, -0.2) is 0 Å². The monoisotopic (exact) mass is 248 g/mol. The van der Waals surface area contributed by atoms with Gasteiger partial charge in [0.1, 0.15) is 0 Å². The number of para-hydroxylation sites is 2. The van der Waals surface area contributed by atoms with Crippen LogP contribution < -0.4 is 10.2 Å². The maximum Gasteiger partial charge on any atom is 0.0816 e. The van der Waals surface area contributed by atoms with Gasteiger partial charge in [-0.1, -0.05) is 26.0 Å². The van der Waals surface area contributed by atoms with E-state index in [-0.39, 0.29) is 0 Å². The second-order valence-electron chi connectivity index (χ2n) is 5.15. The van der Waals surface area contributed by atoms with Gasteiger partial charge in [0.15, 0.2) is 0 Å². The first kappa shape index (κ1) is 13.2. The highest BCUT2D eigenvalue weighted by Gasteiger charge is 2.27. The number of anilines is 2. The third-order valence-electron chi connectivity index (χ3n) is 3.97. The summed E-state index contributed by atoms with van der Waals surface area (Å²) in [5.74, 6) is 0. The number of nitrogens with zero attached hydrogens (tertiary/aromatic N) is 1. The Kier molecular flexibility index (Phi) is 4.12. The molecule has 2 N–H and O–H groups in total. The lowest BCUT2D eigenvalue weighted by molar-refractivity contribution is 0.0394. The van der Waals surface area contributed by atoms with Crippen LogP contribution in [0.15, 0.2) is 24.3 Å². The maximum atomic E-state index is 10.5. The molecule has 2 rings (SSSR count). The van der Waals surface area contributed by atoms with E-state index in [1.165, 1.54) is 11.4 Å². The van der Waals surface area contributed by atoms with Gasteiger partial charge in [0.2, 0.25) is 0 Å². The molecule has 0 spiro atoms. The first-order valence-electron chi connectivity index (χ1n) is 6.99. The van der Waals surface area contributed by atoms with Crippen LogP contribution >= 0.6 is 0 Å². The SMILES string of the molecule is CCC(O)(CC)CN1CCCNc2ccccc21. The molecule has 3 nitrogen and oxygen atoms in total. The number of hydrogen-bond donors (Lipinski definition) is 2. The number of nitrogens with one attached hydrogen (secondary N) is 1. The zero-order valence-electron chi connectivity index (χ0n) is 11.4. The number of fused-ring (bicyclic) bond motifs is 1. The summed E-state index contributed by atoms with van der Waals surface area (Å²) in [6.45, 7) is 6.85. The van der Waals surface area contributed by atoms with E-state index < -0.39 is 5.60 Å². The zero-order valence-corrected chi connectivity index (χ0v) is 11.4. The molecular weight excluding hydrogens is 224 g/mol. The minimum atomic E-state index is -0.572. The minimum Gasteiger partial charge on any atom is -0.388 e. The van der Waals surface area contributed by atoms with Crippen LogP contribution in [-0.2, 0) is 0 Å². The van der Waals surface area contributed by atoms with Crippen molar-refractivity contribution in [2.75, 3.05) is 29.9 Å². The highest BCUT2D eigenvalue weighted by atomic mass is 16.3. The van der Waals surface area contributed by atoms with E-state index in [0.29, 0.717) is 0 Å². The summed E-state index contributed by atoms with van der Waals surface area (Å²) < 4.78 is 0. The topological polar surface area (TPSA) is 35.5 Å². The van der Waals surface area contributed by atoms with E-state index in [4.69, 9.17) is 0 Å². The quantitative estimate of drug-likeness (QED) is 0.860. The Morgan fingerprint density at radius 1 is 1.28 bits per heavy atom. The Hall–Kier alpha value is -1.22. The van der Waals surface area contributed by atoms with Gasteiger partial charge in [-0.2, -0.15) is 0 Å². The van der Waals surface area contributed by atoms with Crippen molar-refractivity contribution in [2.45, 2.75) is 38.7 Å². The number of hydrogen-bond acceptors (Lipinski definition) is 3. The molecule has 1 aromatic carbocycles. The number of rotatable bonds is 4. The van der Waals surface area contributed by atoms with Crippen molar-refractivity contribution in [2.24, 2.45) is 0 Å². The largest absolute Gasteiger partial charge is 0.388 e. The molecule has 0 amide bonds. The van der Waals surface area contributed by atoms with Gasteiger partial charge >= 0.3 is 0 Å². The molecule has 1 aliphatic rings. The highest BCUT2D eigenvalue weighted by Crippen LogP contribution is 2.30. The molecule has 100 valence electrons. The fraction of sp³-hybridized carbons (Fsp3) is 0.600. The molecule has 0 aromatic heterocycles. The predicted molar refractivity (Wildman–Crippen MR) is 77.3 cm³/mol. The number of aliphatic hydroxyl groups is 1. The molecule has 0 aliphatic carbocycles. The van der Waals surface area contributed by atoms with Crippen molar-refractivity contribution in [3.05, 3.63) is 24.3 Å². The normalized spacial score (nSPS) is 15.8. The summed E-state index contributed by atoms with van der Waals surface area (Å²) in [6.07, 6.45) is 2.71. The summed E-state index contributed by atoms with van der Waals surface area (Å²) in [7, 11) is 0. The molecule has 0 saturated heterocycles. The highest BCUT2D eigenvalue weighted by molar-refractivity contribution is 5.70. The van der Waals surface area contributed by atoms with Crippen molar-refractivity contribution < 1.29 is 5.11 Å². The molecule has 0 unspecified atom stereocenters. The number of benzene rings is 1. The Morgan fingerprint density at radius 3 is 2.72 bits per heavy atom. The van der Waals surface area contributed by atoms with Crippen LogP contribution in [0.25, 0.3) is 0 Å². The standard InChI is InChI=1S/C15H24N2O/c1-3-15(18,4-2)12-17-11-7-10-16-13-8-5-6-9-14(13)17/h5-6,8-9,16,18H,3-4,7,10-12H2,1-2H3. The molecule has 1 heterocycles. The molecule has 1 aliphatic heterocycles. The molecule has 3 heteroatoms. The summed E-state index contributed by atoms with van der Waals surface area (Å²) in [5.41, 5.74) is 1.83. The lowest BCUT2D eigenvalue weighted by atomic mass is 9.96. The van der Waals surface area contributed by atoms with Crippen LogP contribution in [0, 0.1) is 0 Å². The lowest BCUT2D eigenvalue weighted by Gasteiger charge is -2.34. The van der Waals surface area contributed by atoms with Crippen molar-refractivity contribution >= 4 is 11.4 Å². The van der Waals surface area contributed by atoms with Gasteiger partial charge in [-0.05, 0) is 31.4 Å². The van der Waals surface area contributed by atoms with Crippen LogP contribution in [0.2, 0.25) is 0 Å². The van der Waals surface area contributed by atoms with Gasteiger partial charge in [-0.3, -0.25) is 0 Å². The molecule has 0 atom stereocenters. The Morgan fingerprint density at radius 2 is 2.00 bits per heavy atom. The predicted octanol–water partition coefficient (Wildman–Crippen LogP) is 2.86. The average molecular weight is 248 g/mol. The summed E-state index contributed by atoms with van der Waals surface area (Å²) >= 11 is 0. The van der Waals surface area contributed by atoms with Crippen LogP contribution in [0.5, 0.6) is 0 Å². The van der Waals surface area contributed by atoms with Crippen LogP contribution in [0.4, 0.5) is 11.4 Å². The van der Waals surface area contributed by atoms with E-state index in [9.17, 15) is 5.11 Å². The van der Waals surface area contributed by atoms with Gasteiger partial charge in [0.05, 0.1) is 17.0 Å². The summed E-state index contributed by atoms with van der Waals surface area (Å²) in [4.78, 5) is 2.32.